The van der Waals surface area contributed by atoms with Gasteiger partial charge in [-0.1, -0.05) is 12.1 Å². The normalized spacial score (nSPS) is 23.5. The molecule has 1 saturated carbocycles. The molecule has 0 spiro atoms. The first-order chi connectivity index (χ1) is 10.5. The van der Waals surface area contributed by atoms with Crippen LogP contribution in [-0.4, -0.2) is 43.5 Å². The first-order valence-electron chi connectivity index (χ1n) is 7.61. The Balaban J connectivity index is 1.61. The van der Waals surface area contributed by atoms with E-state index in [1.807, 2.05) is 6.07 Å². The molecule has 1 aromatic rings. The Labute approximate surface area is 128 Å². The Morgan fingerprint density at radius 3 is 2.82 bits per heavy atom. The molecule has 3 rings (SSSR count). The van der Waals surface area contributed by atoms with Crippen LogP contribution in [0.25, 0.3) is 0 Å². The van der Waals surface area contributed by atoms with Crippen LogP contribution in [0.2, 0.25) is 0 Å². The Morgan fingerprint density at radius 1 is 1.27 bits per heavy atom. The fourth-order valence-corrected chi connectivity index (χ4v) is 2.90. The van der Waals surface area contributed by atoms with Gasteiger partial charge in [0.05, 0.1) is 13.2 Å². The van der Waals surface area contributed by atoms with E-state index in [0.717, 1.165) is 25.3 Å². The maximum Gasteiger partial charge on any atom is 0.422 e. The van der Waals surface area contributed by atoms with Crippen molar-refractivity contribution in [2.45, 2.75) is 31.6 Å². The molecule has 122 valence electrons. The summed E-state index contributed by atoms with van der Waals surface area (Å²) >= 11 is 0. The van der Waals surface area contributed by atoms with Gasteiger partial charge in [-0.25, -0.2) is 0 Å². The van der Waals surface area contributed by atoms with Gasteiger partial charge in [0, 0.05) is 19.1 Å². The third-order valence-electron chi connectivity index (χ3n) is 4.13. The van der Waals surface area contributed by atoms with Crippen LogP contribution in [0.1, 0.15) is 18.4 Å². The van der Waals surface area contributed by atoms with Crippen molar-refractivity contribution >= 4 is 0 Å². The third kappa shape index (κ3) is 4.36. The summed E-state index contributed by atoms with van der Waals surface area (Å²) in [6.45, 7) is 1.82. The summed E-state index contributed by atoms with van der Waals surface area (Å²) in [4.78, 5) is 2.38. The average molecular weight is 315 g/mol. The number of halogens is 3. The zero-order valence-electron chi connectivity index (χ0n) is 12.3. The standard InChI is InChI=1S/C16H20F3NO2/c17-16(18,19)11-22-14-3-1-2-12(8-14)9-20-6-7-21-10-15(20)13-4-5-13/h1-3,8,13,15H,4-7,9-11H2. The van der Waals surface area contributed by atoms with E-state index < -0.39 is 12.8 Å². The number of hydrogen-bond acceptors (Lipinski definition) is 3. The molecule has 0 aromatic heterocycles. The Morgan fingerprint density at radius 2 is 2.09 bits per heavy atom. The van der Waals surface area contributed by atoms with Crippen molar-refractivity contribution in [1.82, 2.24) is 4.90 Å². The van der Waals surface area contributed by atoms with Gasteiger partial charge in [-0.2, -0.15) is 13.2 Å². The minimum atomic E-state index is -4.31. The molecule has 2 aliphatic rings. The van der Waals surface area contributed by atoms with Crippen LogP contribution in [-0.2, 0) is 11.3 Å². The lowest BCUT2D eigenvalue weighted by Gasteiger charge is -2.35. The van der Waals surface area contributed by atoms with Gasteiger partial charge >= 0.3 is 6.18 Å². The summed E-state index contributed by atoms with van der Waals surface area (Å²) in [6.07, 6.45) is -1.81. The maximum absolute atomic E-state index is 12.2. The minimum absolute atomic E-state index is 0.269. The number of nitrogens with zero attached hydrogens (tertiary/aromatic N) is 1. The highest BCUT2D eigenvalue weighted by Crippen LogP contribution is 2.37. The molecule has 1 aliphatic carbocycles. The van der Waals surface area contributed by atoms with Gasteiger partial charge in [0.15, 0.2) is 6.61 Å². The number of benzene rings is 1. The summed E-state index contributed by atoms with van der Waals surface area (Å²) in [6, 6.07) is 7.37. The summed E-state index contributed by atoms with van der Waals surface area (Å²) in [5, 5.41) is 0. The average Bonchev–Trinajstić information content (AvgIpc) is 3.30. The van der Waals surface area contributed by atoms with Gasteiger partial charge in [-0.3, -0.25) is 4.90 Å². The van der Waals surface area contributed by atoms with Gasteiger partial charge < -0.3 is 9.47 Å². The highest BCUT2D eigenvalue weighted by Gasteiger charge is 2.37. The lowest BCUT2D eigenvalue weighted by Crippen LogP contribution is -2.46. The van der Waals surface area contributed by atoms with Crippen molar-refractivity contribution in [2.75, 3.05) is 26.4 Å². The monoisotopic (exact) mass is 315 g/mol. The first-order valence-corrected chi connectivity index (χ1v) is 7.61. The zero-order chi connectivity index (χ0) is 15.6. The predicted molar refractivity (Wildman–Crippen MR) is 75.7 cm³/mol. The maximum atomic E-state index is 12.2. The van der Waals surface area contributed by atoms with Gasteiger partial charge in [0.25, 0.3) is 0 Å². The Hall–Kier alpha value is -1.27. The SMILES string of the molecule is FC(F)(F)COc1cccc(CN2CCOCC2C2CC2)c1. The molecule has 0 radical (unpaired) electrons. The molecule has 1 heterocycles. The lowest BCUT2D eigenvalue weighted by molar-refractivity contribution is -0.153. The second kappa shape index (κ2) is 6.46. The summed E-state index contributed by atoms with van der Waals surface area (Å²) in [7, 11) is 0. The molecule has 22 heavy (non-hydrogen) atoms. The van der Waals surface area contributed by atoms with Crippen LogP contribution in [0, 0.1) is 5.92 Å². The van der Waals surface area contributed by atoms with Gasteiger partial charge in [-0.15, -0.1) is 0 Å². The Bertz CT molecular complexity index is 502. The fraction of sp³-hybridized carbons (Fsp3) is 0.625. The van der Waals surface area contributed by atoms with E-state index in [-0.39, 0.29) is 5.75 Å². The molecule has 6 heteroatoms. The summed E-state index contributed by atoms with van der Waals surface area (Å²) < 4.78 is 47.0. The number of hydrogen-bond donors (Lipinski definition) is 0. The fourth-order valence-electron chi connectivity index (χ4n) is 2.90. The smallest absolute Gasteiger partial charge is 0.422 e. The summed E-state index contributed by atoms with van der Waals surface area (Å²) in [5.74, 6) is 0.982. The lowest BCUT2D eigenvalue weighted by atomic mass is 10.1. The van der Waals surface area contributed by atoms with E-state index >= 15 is 0 Å². The second-order valence-corrected chi connectivity index (χ2v) is 6.00. The number of ether oxygens (including phenoxy) is 2. The van der Waals surface area contributed by atoms with Crippen LogP contribution < -0.4 is 4.74 Å². The van der Waals surface area contributed by atoms with Crippen LogP contribution in [0.15, 0.2) is 24.3 Å². The number of morpholine rings is 1. The Kier molecular flexibility index (Phi) is 4.59. The molecule has 1 saturated heterocycles. The van der Waals surface area contributed by atoms with Gasteiger partial charge in [0.2, 0.25) is 0 Å². The molecule has 1 aromatic carbocycles. The molecular formula is C16H20F3NO2. The van der Waals surface area contributed by atoms with E-state index in [1.54, 1.807) is 18.2 Å². The molecule has 2 fully saturated rings. The van der Waals surface area contributed by atoms with Crippen LogP contribution in [0.4, 0.5) is 13.2 Å². The largest absolute Gasteiger partial charge is 0.484 e. The summed E-state index contributed by atoms with van der Waals surface area (Å²) in [5.41, 5.74) is 0.979. The molecular weight excluding hydrogens is 295 g/mol. The van der Waals surface area contributed by atoms with Crippen molar-refractivity contribution < 1.29 is 22.6 Å². The molecule has 1 unspecified atom stereocenters. The van der Waals surface area contributed by atoms with E-state index in [1.165, 1.54) is 12.8 Å². The molecule has 1 atom stereocenters. The topological polar surface area (TPSA) is 21.7 Å². The highest BCUT2D eigenvalue weighted by molar-refractivity contribution is 5.28. The van der Waals surface area contributed by atoms with Crippen molar-refractivity contribution in [1.29, 1.82) is 0 Å². The van der Waals surface area contributed by atoms with E-state index in [9.17, 15) is 13.2 Å². The van der Waals surface area contributed by atoms with Gasteiger partial charge in [0.1, 0.15) is 5.75 Å². The van der Waals surface area contributed by atoms with Gasteiger partial charge in [-0.05, 0) is 36.5 Å². The molecule has 0 amide bonds. The predicted octanol–water partition coefficient (Wildman–Crippen LogP) is 3.24. The van der Waals surface area contributed by atoms with E-state index in [2.05, 4.69) is 4.90 Å². The zero-order valence-corrected chi connectivity index (χ0v) is 12.3. The minimum Gasteiger partial charge on any atom is -0.484 e. The van der Waals surface area contributed by atoms with E-state index in [4.69, 9.17) is 9.47 Å². The molecule has 1 aliphatic heterocycles. The van der Waals surface area contributed by atoms with Crippen molar-refractivity contribution in [3.05, 3.63) is 29.8 Å². The van der Waals surface area contributed by atoms with Crippen molar-refractivity contribution in [3.8, 4) is 5.75 Å². The highest BCUT2D eigenvalue weighted by atomic mass is 19.4. The quantitative estimate of drug-likeness (QED) is 0.832. The van der Waals surface area contributed by atoms with Crippen LogP contribution in [0.5, 0.6) is 5.75 Å². The van der Waals surface area contributed by atoms with Crippen molar-refractivity contribution in [2.24, 2.45) is 5.92 Å². The molecule has 3 nitrogen and oxygen atoms in total. The van der Waals surface area contributed by atoms with Crippen LogP contribution >= 0.6 is 0 Å². The second-order valence-electron chi connectivity index (χ2n) is 6.00. The molecule has 0 N–H and O–H groups in total. The van der Waals surface area contributed by atoms with E-state index in [0.29, 0.717) is 18.6 Å². The number of alkyl halides is 3. The van der Waals surface area contributed by atoms with Crippen LogP contribution in [0.3, 0.4) is 0 Å². The molecule has 0 bridgehead atoms. The first kappa shape index (κ1) is 15.6. The number of rotatable bonds is 5. The third-order valence-corrected chi connectivity index (χ3v) is 4.13. The van der Waals surface area contributed by atoms with Crippen molar-refractivity contribution in [3.63, 3.8) is 0 Å².